The highest BCUT2D eigenvalue weighted by Gasteiger charge is 2.32. The molecule has 3 amide bonds. The summed E-state index contributed by atoms with van der Waals surface area (Å²) in [6.07, 6.45) is 6.13. The maximum Gasteiger partial charge on any atom is 0.320 e. The van der Waals surface area contributed by atoms with Crippen molar-refractivity contribution in [3.63, 3.8) is 0 Å². The third kappa shape index (κ3) is 2.86. The molecular weight excluding hydrogens is 310 g/mol. The van der Waals surface area contributed by atoms with Gasteiger partial charge in [-0.1, -0.05) is 0 Å². The zero-order valence-electron chi connectivity index (χ0n) is 13.8. The molecule has 0 spiro atoms. The number of hydrogen-bond acceptors (Lipinski definition) is 4. The number of anilines is 1. The van der Waals surface area contributed by atoms with Crippen molar-refractivity contribution >= 4 is 17.6 Å². The van der Waals surface area contributed by atoms with E-state index >= 15 is 0 Å². The first-order valence-electron chi connectivity index (χ1n) is 8.68. The van der Waals surface area contributed by atoms with E-state index in [1.807, 2.05) is 20.7 Å². The van der Waals surface area contributed by atoms with Crippen molar-refractivity contribution in [2.45, 2.75) is 25.3 Å². The summed E-state index contributed by atoms with van der Waals surface area (Å²) in [6, 6.07) is 0.282. The summed E-state index contributed by atoms with van der Waals surface area (Å²) in [5.74, 6) is 0.171. The number of aromatic nitrogens is 2. The quantitative estimate of drug-likeness (QED) is 0.799. The Hall–Kier alpha value is -2.09. The van der Waals surface area contributed by atoms with Gasteiger partial charge in [-0.05, 0) is 12.8 Å². The van der Waals surface area contributed by atoms with Gasteiger partial charge in [0.2, 0.25) is 5.91 Å². The number of amides is 3. The van der Waals surface area contributed by atoms with Crippen LogP contribution in [-0.4, -0.2) is 77.5 Å². The molecule has 1 unspecified atom stereocenters. The Bertz CT molecular complexity index is 625. The molecule has 0 radical (unpaired) electrons. The van der Waals surface area contributed by atoms with Crippen LogP contribution in [0.4, 0.5) is 10.5 Å². The van der Waals surface area contributed by atoms with Crippen molar-refractivity contribution in [2.24, 2.45) is 0 Å². The molecule has 3 saturated heterocycles. The van der Waals surface area contributed by atoms with Crippen LogP contribution in [0.3, 0.4) is 0 Å². The Balaban J connectivity index is 1.39. The van der Waals surface area contributed by atoms with E-state index in [-0.39, 0.29) is 18.0 Å². The largest absolute Gasteiger partial charge is 0.378 e. The number of morpholine rings is 1. The topological polar surface area (TPSA) is 70.9 Å². The Morgan fingerprint density at radius 1 is 1.17 bits per heavy atom. The standard InChI is InChI=1S/C16H23N5O3/c22-15-2-1-4-20(15)14-10-17-21(12-14)13-3-5-19(11-13)16(23)18-6-8-24-9-7-18/h10,12-13H,1-9,11H2. The predicted octanol–water partition coefficient (Wildman–Crippen LogP) is 0.709. The summed E-state index contributed by atoms with van der Waals surface area (Å²) in [4.78, 5) is 30.0. The molecule has 8 heteroatoms. The van der Waals surface area contributed by atoms with Crippen LogP contribution in [0.25, 0.3) is 0 Å². The van der Waals surface area contributed by atoms with Crippen LogP contribution < -0.4 is 4.90 Å². The molecule has 3 aliphatic rings. The zero-order valence-corrected chi connectivity index (χ0v) is 13.8. The van der Waals surface area contributed by atoms with Gasteiger partial charge in [0.1, 0.15) is 0 Å². The van der Waals surface area contributed by atoms with Crippen molar-refractivity contribution in [3.05, 3.63) is 12.4 Å². The fourth-order valence-corrected chi connectivity index (χ4v) is 3.67. The van der Waals surface area contributed by atoms with Crippen LogP contribution in [0.15, 0.2) is 12.4 Å². The van der Waals surface area contributed by atoms with Gasteiger partial charge >= 0.3 is 6.03 Å². The third-order valence-electron chi connectivity index (χ3n) is 5.06. The second kappa shape index (κ2) is 6.43. The van der Waals surface area contributed by atoms with Crippen LogP contribution in [-0.2, 0) is 9.53 Å². The Morgan fingerprint density at radius 2 is 2.00 bits per heavy atom. The van der Waals surface area contributed by atoms with Crippen molar-refractivity contribution < 1.29 is 14.3 Å². The maximum absolute atomic E-state index is 12.5. The lowest BCUT2D eigenvalue weighted by Crippen LogP contribution is -2.47. The molecule has 0 saturated carbocycles. The molecule has 4 heterocycles. The van der Waals surface area contributed by atoms with E-state index in [9.17, 15) is 9.59 Å². The monoisotopic (exact) mass is 333 g/mol. The Morgan fingerprint density at radius 3 is 2.75 bits per heavy atom. The summed E-state index contributed by atoms with van der Waals surface area (Å²) >= 11 is 0. The fourth-order valence-electron chi connectivity index (χ4n) is 3.67. The van der Waals surface area contributed by atoms with E-state index in [2.05, 4.69) is 5.10 Å². The molecule has 0 bridgehead atoms. The summed E-state index contributed by atoms with van der Waals surface area (Å²) < 4.78 is 7.21. The molecule has 130 valence electrons. The summed E-state index contributed by atoms with van der Waals surface area (Å²) in [5.41, 5.74) is 0.871. The van der Waals surface area contributed by atoms with Crippen LogP contribution in [0.1, 0.15) is 25.3 Å². The van der Waals surface area contributed by atoms with Crippen molar-refractivity contribution in [3.8, 4) is 0 Å². The van der Waals surface area contributed by atoms with Gasteiger partial charge in [-0.2, -0.15) is 5.10 Å². The average molecular weight is 333 g/mol. The van der Waals surface area contributed by atoms with Crippen molar-refractivity contribution in [1.82, 2.24) is 19.6 Å². The van der Waals surface area contributed by atoms with E-state index in [0.717, 1.165) is 31.6 Å². The van der Waals surface area contributed by atoms with Gasteiger partial charge in [0, 0.05) is 45.3 Å². The van der Waals surface area contributed by atoms with Gasteiger partial charge in [0.25, 0.3) is 0 Å². The number of ether oxygens (including phenoxy) is 1. The maximum atomic E-state index is 12.5. The molecule has 0 N–H and O–H groups in total. The first-order chi connectivity index (χ1) is 11.7. The van der Waals surface area contributed by atoms with Gasteiger partial charge in [-0.3, -0.25) is 9.48 Å². The van der Waals surface area contributed by atoms with Crippen LogP contribution in [0.2, 0.25) is 0 Å². The number of carbonyl (C=O) groups is 2. The lowest BCUT2D eigenvalue weighted by atomic mass is 10.3. The Kier molecular flexibility index (Phi) is 4.13. The molecule has 1 aromatic heterocycles. The number of likely N-dealkylation sites (tertiary alicyclic amines) is 1. The van der Waals surface area contributed by atoms with Crippen LogP contribution in [0.5, 0.6) is 0 Å². The first kappa shape index (κ1) is 15.4. The second-order valence-corrected chi connectivity index (χ2v) is 6.60. The minimum atomic E-state index is 0.0999. The first-order valence-corrected chi connectivity index (χ1v) is 8.68. The minimum absolute atomic E-state index is 0.0999. The van der Waals surface area contributed by atoms with Crippen LogP contribution in [0, 0.1) is 0 Å². The molecule has 0 aromatic carbocycles. The minimum Gasteiger partial charge on any atom is -0.378 e. The van der Waals surface area contributed by atoms with Gasteiger partial charge in [0.15, 0.2) is 0 Å². The van der Waals surface area contributed by atoms with E-state index in [4.69, 9.17) is 4.74 Å². The molecular formula is C16H23N5O3. The third-order valence-corrected chi connectivity index (χ3v) is 5.06. The SMILES string of the molecule is O=C(N1CCOCC1)N1CCC(n2cc(N3CCCC3=O)cn2)C1. The Labute approximate surface area is 140 Å². The normalized spacial score (nSPS) is 24.9. The smallest absolute Gasteiger partial charge is 0.320 e. The molecule has 3 fully saturated rings. The van der Waals surface area contributed by atoms with E-state index in [0.29, 0.717) is 39.3 Å². The second-order valence-electron chi connectivity index (χ2n) is 6.60. The number of nitrogens with zero attached hydrogens (tertiary/aromatic N) is 5. The molecule has 0 aliphatic carbocycles. The van der Waals surface area contributed by atoms with Gasteiger partial charge in [-0.25, -0.2) is 4.79 Å². The molecule has 24 heavy (non-hydrogen) atoms. The average Bonchev–Trinajstić information content (AvgIpc) is 3.34. The van der Waals surface area contributed by atoms with Crippen molar-refractivity contribution in [1.29, 1.82) is 0 Å². The highest BCUT2D eigenvalue weighted by Crippen LogP contribution is 2.26. The van der Waals surface area contributed by atoms with Gasteiger partial charge in [0.05, 0.1) is 31.1 Å². The van der Waals surface area contributed by atoms with E-state index in [1.165, 1.54) is 0 Å². The molecule has 1 aromatic rings. The lowest BCUT2D eigenvalue weighted by molar-refractivity contribution is -0.117. The zero-order chi connectivity index (χ0) is 16.5. The van der Waals surface area contributed by atoms with Gasteiger partial charge in [-0.15, -0.1) is 0 Å². The fraction of sp³-hybridized carbons (Fsp3) is 0.688. The number of carbonyl (C=O) groups excluding carboxylic acids is 2. The van der Waals surface area contributed by atoms with Crippen LogP contribution >= 0.6 is 0 Å². The molecule has 4 rings (SSSR count). The molecule has 1 atom stereocenters. The molecule has 3 aliphatic heterocycles. The van der Waals surface area contributed by atoms with E-state index in [1.54, 1.807) is 11.1 Å². The molecule has 8 nitrogen and oxygen atoms in total. The predicted molar refractivity (Wildman–Crippen MR) is 86.8 cm³/mol. The summed E-state index contributed by atoms with van der Waals surface area (Å²) in [7, 11) is 0. The summed E-state index contributed by atoms with van der Waals surface area (Å²) in [5, 5.41) is 4.43. The lowest BCUT2D eigenvalue weighted by Gasteiger charge is -2.30. The summed E-state index contributed by atoms with van der Waals surface area (Å²) in [6.45, 7) is 4.78. The van der Waals surface area contributed by atoms with Gasteiger partial charge < -0.3 is 19.4 Å². The number of rotatable bonds is 2. The number of urea groups is 1. The number of hydrogen-bond donors (Lipinski definition) is 0. The van der Waals surface area contributed by atoms with E-state index < -0.39 is 0 Å². The van der Waals surface area contributed by atoms with Crippen molar-refractivity contribution in [2.75, 3.05) is 50.8 Å². The highest BCUT2D eigenvalue weighted by atomic mass is 16.5. The highest BCUT2D eigenvalue weighted by molar-refractivity contribution is 5.95.